The molecule has 2 aliphatic carbocycles. The molecular formula is C30H24NU2-. The van der Waals surface area contributed by atoms with Crippen molar-refractivity contribution in [1.82, 2.24) is 0 Å². The largest absolute Gasteiger partial charge is 0.687 e. The predicted molar refractivity (Wildman–Crippen MR) is 132 cm³/mol. The molecule has 7 rings (SSSR count). The van der Waals surface area contributed by atoms with E-state index in [1.54, 1.807) is 0 Å². The zero-order valence-corrected chi connectivity index (χ0v) is 26.1. The van der Waals surface area contributed by atoms with Crippen molar-refractivity contribution >= 4 is 27.2 Å². The summed E-state index contributed by atoms with van der Waals surface area (Å²) in [4.78, 5) is 0. The van der Waals surface area contributed by atoms with Crippen molar-refractivity contribution in [3.05, 3.63) is 130 Å². The average Bonchev–Trinajstić information content (AvgIpc) is 3.10. The fourth-order valence-corrected chi connectivity index (χ4v) is 6.20. The molecule has 33 heavy (non-hydrogen) atoms. The standard InChI is InChI=1S/C29H20N.CH4.2U/c1-30-26-14-6-11-23-21(26)17-20-7-2-3-10-22(20)29(23)24-12-4-8-18-15-16-19-9-5-13-25(29)28(19)27(18)24;;;/h2-16H,17H2,1H3;1H4;;/q-1;;;. The van der Waals surface area contributed by atoms with Gasteiger partial charge in [0.15, 0.2) is 0 Å². The Kier molecular flexibility index (Phi) is 6.68. The van der Waals surface area contributed by atoms with Crippen molar-refractivity contribution in [3.63, 3.8) is 0 Å². The van der Waals surface area contributed by atoms with E-state index in [0.717, 1.165) is 12.1 Å². The summed E-state index contributed by atoms with van der Waals surface area (Å²) in [7, 11) is 1.91. The fraction of sp³-hybridized carbons (Fsp3) is 0.133. The number of fused-ring (bicyclic) bond motifs is 6. The van der Waals surface area contributed by atoms with E-state index in [4.69, 9.17) is 0 Å². The Morgan fingerprint density at radius 2 is 1.15 bits per heavy atom. The molecule has 0 unspecified atom stereocenters. The molecule has 5 aromatic rings. The van der Waals surface area contributed by atoms with Gasteiger partial charge in [0.05, 0.1) is 5.41 Å². The SMILES string of the molecule is C.C[N-]c1cccc2c1Cc1ccccc1C21c2cccc3ccc4cccc1c4c23.[U].[U]. The molecule has 0 heterocycles. The zero-order valence-electron chi connectivity index (χ0n) is 17.8. The van der Waals surface area contributed by atoms with E-state index in [9.17, 15) is 0 Å². The third-order valence-electron chi connectivity index (χ3n) is 7.28. The Bertz CT molecular complexity index is 1460. The van der Waals surface area contributed by atoms with E-state index in [0.29, 0.717) is 0 Å². The van der Waals surface area contributed by atoms with Gasteiger partial charge in [-0.1, -0.05) is 104 Å². The second-order valence-electron chi connectivity index (χ2n) is 8.48. The predicted octanol–water partition coefficient (Wildman–Crippen LogP) is 7.86. The van der Waals surface area contributed by atoms with Gasteiger partial charge < -0.3 is 5.32 Å². The molecular weight excluding hydrogens is 850 g/mol. The van der Waals surface area contributed by atoms with Crippen LogP contribution in [0, 0.1) is 62.2 Å². The van der Waals surface area contributed by atoms with Crippen molar-refractivity contribution in [2.24, 2.45) is 0 Å². The van der Waals surface area contributed by atoms with Crippen LogP contribution >= 0.6 is 0 Å². The third kappa shape index (κ3) is 3.03. The number of hydrogen-bond acceptors (Lipinski definition) is 0. The van der Waals surface area contributed by atoms with Gasteiger partial charge in [-0.05, 0) is 55.8 Å². The first-order valence-corrected chi connectivity index (χ1v) is 10.6. The Morgan fingerprint density at radius 3 is 1.79 bits per heavy atom. The van der Waals surface area contributed by atoms with Crippen molar-refractivity contribution in [1.29, 1.82) is 0 Å². The van der Waals surface area contributed by atoms with Gasteiger partial charge in [-0.2, -0.15) is 0 Å². The van der Waals surface area contributed by atoms with E-state index >= 15 is 0 Å². The minimum Gasteiger partial charge on any atom is -0.687 e. The summed E-state index contributed by atoms with van der Waals surface area (Å²) < 4.78 is 0. The van der Waals surface area contributed by atoms with Gasteiger partial charge >= 0.3 is 0 Å². The molecule has 0 saturated carbocycles. The molecule has 158 valence electrons. The number of hydrogen-bond donors (Lipinski definition) is 0. The van der Waals surface area contributed by atoms with Gasteiger partial charge in [0.2, 0.25) is 0 Å². The maximum Gasteiger partial charge on any atom is 0.0719 e. The summed E-state index contributed by atoms with van der Waals surface area (Å²) in [5, 5.41) is 10.1. The van der Waals surface area contributed by atoms with E-state index in [1.807, 2.05) is 7.05 Å². The molecule has 0 atom stereocenters. The Labute approximate surface area is 243 Å². The first-order chi connectivity index (χ1) is 14.8. The van der Waals surface area contributed by atoms with Crippen molar-refractivity contribution < 1.29 is 62.2 Å². The molecule has 0 amide bonds. The maximum absolute atomic E-state index is 4.66. The van der Waals surface area contributed by atoms with Crippen LogP contribution in [0.25, 0.3) is 26.9 Å². The van der Waals surface area contributed by atoms with Crippen LogP contribution in [0.3, 0.4) is 0 Å². The van der Waals surface area contributed by atoms with Gasteiger partial charge in [0.25, 0.3) is 0 Å². The van der Waals surface area contributed by atoms with Crippen LogP contribution in [0.1, 0.15) is 40.8 Å². The van der Waals surface area contributed by atoms with Crippen LogP contribution in [0.4, 0.5) is 5.69 Å². The monoisotopic (exact) mass is 874 g/mol. The third-order valence-corrected chi connectivity index (χ3v) is 7.28. The van der Waals surface area contributed by atoms with Crippen LogP contribution in [0.15, 0.2) is 91.0 Å². The van der Waals surface area contributed by atoms with Gasteiger partial charge in [-0.15, -0.1) is 12.7 Å². The molecule has 0 radical (unpaired) electrons. The fourth-order valence-electron chi connectivity index (χ4n) is 6.20. The van der Waals surface area contributed by atoms with Crippen molar-refractivity contribution in [2.75, 3.05) is 7.05 Å². The summed E-state index contributed by atoms with van der Waals surface area (Å²) >= 11 is 0. The van der Waals surface area contributed by atoms with Gasteiger partial charge in [0.1, 0.15) is 0 Å². The minimum atomic E-state index is -0.284. The average molecular weight is 875 g/mol. The topological polar surface area (TPSA) is 14.1 Å². The molecule has 1 nitrogen and oxygen atoms in total. The molecule has 0 aromatic heterocycles. The Hall–Kier alpha value is -1.48. The quantitative estimate of drug-likeness (QED) is 0.149. The smallest absolute Gasteiger partial charge is 0.0719 e. The van der Waals surface area contributed by atoms with Crippen molar-refractivity contribution in [2.45, 2.75) is 19.3 Å². The summed E-state index contributed by atoms with van der Waals surface area (Å²) in [6, 6.07) is 33.9. The molecule has 1 spiro atoms. The number of nitrogens with zero attached hydrogens (tertiary/aromatic N) is 1. The van der Waals surface area contributed by atoms with Gasteiger partial charge in [-0.3, -0.25) is 0 Å². The minimum absolute atomic E-state index is 0. The van der Waals surface area contributed by atoms with Gasteiger partial charge in [0, 0.05) is 62.2 Å². The number of rotatable bonds is 1. The summed E-state index contributed by atoms with van der Waals surface area (Å²) in [5.74, 6) is 0. The van der Waals surface area contributed by atoms with Crippen LogP contribution < -0.4 is 0 Å². The molecule has 3 heteroatoms. The van der Waals surface area contributed by atoms with Gasteiger partial charge in [-0.25, -0.2) is 0 Å². The van der Waals surface area contributed by atoms with E-state index in [2.05, 4.69) is 96.3 Å². The molecule has 5 aromatic carbocycles. The van der Waals surface area contributed by atoms with Crippen LogP contribution in [-0.2, 0) is 11.8 Å². The summed E-state index contributed by atoms with van der Waals surface area (Å²) in [6.45, 7) is 0. The molecule has 0 saturated heterocycles. The Morgan fingerprint density at radius 1 is 0.606 bits per heavy atom. The second kappa shape index (κ2) is 8.95. The number of benzene rings is 5. The zero-order chi connectivity index (χ0) is 19.9. The van der Waals surface area contributed by atoms with E-state index in [-0.39, 0.29) is 75.1 Å². The van der Waals surface area contributed by atoms with Crippen LogP contribution in [0.5, 0.6) is 0 Å². The van der Waals surface area contributed by atoms with E-state index < -0.39 is 0 Å². The summed E-state index contributed by atoms with van der Waals surface area (Å²) in [5.41, 5.74) is 9.22. The Balaban J connectivity index is 0.000000864. The molecule has 0 N–H and O–H groups in total. The molecule has 0 aliphatic heterocycles. The first-order valence-electron chi connectivity index (χ1n) is 10.6. The van der Waals surface area contributed by atoms with Crippen LogP contribution in [-0.4, -0.2) is 7.05 Å². The summed E-state index contributed by atoms with van der Waals surface area (Å²) in [6.07, 6.45) is 0.934. The van der Waals surface area contributed by atoms with E-state index in [1.165, 1.54) is 54.9 Å². The maximum atomic E-state index is 4.66. The second-order valence-corrected chi connectivity index (χ2v) is 8.48. The molecule has 2 aliphatic rings. The van der Waals surface area contributed by atoms with Crippen LogP contribution in [0.2, 0.25) is 0 Å². The first kappa shape index (κ1) is 24.6. The van der Waals surface area contributed by atoms with Crippen molar-refractivity contribution in [3.8, 4) is 0 Å². The molecule has 0 fully saturated rings. The normalized spacial score (nSPS) is 13.6. The molecule has 0 bridgehead atoms.